The van der Waals surface area contributed by atoms with Crippen molar-refractivity contribution in [3.8, 4) is 0 Å². The lowest BCUT2D eigenvalue weighted by molar-refractivity contribution is -0.119. The van der Waals surface area contributed by atoms with Gasteiger partial charge in [0.15, 0.2) is 10.8 Å². The molecule has 2 heterocycles. The quantitative estimate of drug-likeness (QED) is 0.512. The maximum atomic E-state index is 12.0. The highest BCUT2D eigenvalue weighted by molar-refractivity contribution is 9.10. The van der Waals surface area contributed by atoms with Gasteiger partial charge in [0.2, 0.25) is 5.91 Å². The van der Waals surface area contributed by atoms with E-state index in [9.17, 15) is 9.59 Å². The average Bonchev–Trinajstić information content (AvgIpc) is 3.01. The predicted molar refractivity (Wildman–Crippen MR) is 93.5 cm³/mol. The lowest BCUT2D eigenvalue weighted by Gasteiger charge is -2.08. The van der Waals surface area contributed by atoms with E-state index in [1.165, 1.54) is 11.8 Å². The second-order valence-electron chi connectivity index (χ2n) is 4.68. The van der Waals surface area contributed by atoms with E-state index in [4.69, 9.17) is 0 Å². The summed E-state index contributed by atoms with van der Waals surface area (Å²) in [5.41, 5.74) is 5.91. The molecule has 0 saturated heterocycles. The van der Waals surface area contributed by atoms with E-state index in [2.05, 4.69) is 37.0 Å². The normalized spacial score (nSPS) is 10.5. The summed E-state index contributed by atoms with van der Waals surface area (Å²) in [6.07, 6.45) is 1.82. The summed E-state index contributed by atoms with van der Waals surface area (Å²) in [7, 11) is 0. The van der Waals surface area contributed by atoms with Crippen LogP contribution in [0, 0.1) is 0 Å². The first-order valence-electron chi connectivity index (χ1n) is 6.91. The number of thioether (sulfide) groups is 1. The monoisotopic (exact) mass is 405 g/mol. The number of amides is 2. The molecule has 0 bridgehead atoms. The van der Waals surface area contributed by atoms with Gasteiger partial charge in [0.25, 0.3) is 5.91 Å². The van der Waals surface area contributed by atoms with Crippen LogP contribution in [0.15, 0.2) is 58.3 Å². The van der Waals surface area contributed by atoms with Gasteiger partial charge in [-0.3, -0.25) is 24.8 Å². The Balaban J connectivity index is 1.53. The summed E-state index contributed by atoms with van der Waals surface area (Å²) in [4.78, 5) is 23.9. The zero-order valence-corrected chi connectivity index (χ0v) is 14.7. The number of benzene rings is 1. The van der Waals surface area contributed by atoms with Gasteiger partial charge >= 0.3 is 0 Å². The van der Waals surface area contributed by atoms with Crippen molar-refractivity contribution in [2.75, 3.05) is 5.75 Å². The molecule has 0 fully saturated rings. The van der Waals surface area contributed by atoms with E-state index in [-0.39, 0.29) is 11.7 Å². The standard InChI is InChI=1S/C15H12BrN5O2S/c16-11-6-2-1-5-10(11)14(23)19-18-13(22)9-24-15-20-17-12-7-3-4-8-21(12)15/h1-8H,9H2,(H,18,22)(H,19,23). The van der Waals surface area contributed by atoms with Crippen LogP contribution in [-0.2, 0) is 4.79 Å². The number of halogens is 1. The Bertz CT molecular complexity index is 898. The molecular formula is C15H12BrN5O2S. The Hall–Kier alpha value is -2.39. The molecule has 0 aliphatic carbocycles. The Kier molecular flexibility index (Phi) is 5.11. The molecule has 24 heavy (non-hydrogen) atoms. The third-order valence-electron chi connectivity index (χ3n) is 3.05. The number of hydrogen-bond acceptors (Lipinski definition) is 5. The molecule has 2 aromatic heterocycles. The molecule has 3 rings (SSSR count). The van der Waals surface area contributed by atoms with Gasteiger partial charge in [-0.25, -0.2) is 0 Å². The van der Waals surface area contributed by atoms with Crippen LogP contribution >= 0.6 is 27.7 Å². The molecule has 122 valence electrons. The van der Waals surface area contributed by atoms with Gasteiger partial charge in [0.1, 0.15) is 0 Å². The zero-order chi connectivity index (χ0) is 16.9. The fourth-order valence-electron chi connectivity index (χ4n) is 1.92. The lowest BCUT2D eigenvalue weighted by Crippen LogP contribution is -2.42. The molecule has 7 nitrogen and oxygen atoms in total. The molecule has 0 saturated carbocycles. The van der Waals surface area contributed by atoms with E-state index < -0.39 is 5.91 Å². The van der Waals surface area contributed by atoms with Crippen molar-refractivity contribution in [2.24, 2.45) is 0 Å². The molecule has 9 heteroatoms. The Morgan fingerprint density at radius 3 is 2.71 bits per heavy atom. The highest BCUT2D eigenvalue weighted by atomic mass is 79.9. The zero-order valence-electron chi connectivity index (χ0n) is 12.3. The van der Waals surface area contributed by atoms with Crippen LogP contribution in [0.1, 0.15) is 10.4 Å². The highest BCUT2D eigenvalue weighted by Crippen LogP contribution is 2.16. The third-order valence-corrected chi connectivity index (χ3v) is 4.68. The molecule has 2 amide bonds. The average molecular weight is 406 g/mol. The van der Waals surface area contributed by atoms with Crippen molar-refractivity contribution in [1.82, 2.24) is 25.4 Å². The lowest BCUT2D eigenvalue weighted by atomic mass is 10.2. The summed E-state index contributed by atoms with van der Waals surface area (Å²) in [5.74, 6) is -0.631. The first-order chi connectivity index (χ1) is 11.6. The van der Waals surface area contributed by atoms with E-state index in [0.717, 1.165) is 0 Å². The molecule has 0 aliphatic heterocycles. The number of carbonyl (C=O) groups excluding carboxylic acids is 2. The summed E-state index contributed by atoms with van der Waals surface area (Å²) in [6, 6.07) is 12.5. The third kappa shape index (κ3) is 3.74. The molecule has 3 aromatic rings. The highest BCUT2D eigenvalue weighted by Gasteiger charge is 2.12. The topological polar surface area (TPSA) is 88.4 Å². The second-order valence-corrected chi connectivity index (χ2v) is 6.48. The maximum absolute atomic E-state index is 12.0. The molecule has 0 aliphatic rings. The fraction of sp³-hybridized carbons (Fsp3) is 0.0667. The van der Waals surface area contributed by atoms with Gasteiger partial charge in [-0.1, -0.05) is 30.0 Å². The Morgan fingerprint density at radius 2 is 1.88 bits per heavy atom. The summed E-state index contributed by atoms with van der Waals surface area (Å²) < 4.78 is 2.44. The number of hydrogen-bond donors (Lipinski definition) is 2. The van der Waals surface area contributed by atoms with Gasteiger partial charge in [0.05, 0.1) is 11.3 Å². The predicted octanol–water partition coefficient (Wildman–Crippen LogP) is 2.05. The SMILES string of the molecule is O=C(CSc1nnc2ccccn12)NNC(=O)c1ccccc1Br. The summed E-state index contributed by atoms with van der Waals surface area (Å²) in [5, 5.41) is 8.64. The van der Waals surface area contributed by atoms with Crippen molar-refractivity contribution < 1.29 is 9.59 Å². The largest absolute Gasteiger partial charge is 0.277 e. The van der Waals surface area contributed by atoms with E-state index >= 15 is 0 Å². The van der Waals surface area contributed by atoms with Crippen molar-refractivity contribution in [1.29, 1.82) is 0 Å². The first kappa shape index (κ1) is 16.5. The minimum Gasteiger partial charge on any atom is -0.277 e. The van der Waals surface area contributed by atoms with Gasteiger partial charge in [-0.2, -0.15) is 0 Å². The van der Waals surface area contributed by atoms with Crippen molar-refractivity contribution in [3.63, 3.8) is 0 Å². The molecule has 0 radical (unpaired) electrons. The van der Waals surface area contributed by atoms with Gasteiger partial charge in [-0.05, 0) is 40.2 Å². The van der Waals surface area contributed by atoms with Crippen LogP contribution in [0.25, 0.3) is 5.65 Å². The van der Waals surface area contributed by atoms with Crippen molar-refractivity contribution >= 4 is 45.2 Å². The van der Waals surface area contributed by atoms with Gasteiger partial charge in [0, 0.05) is 10.7 Å². The van der Waals surface area contributed by atoms with Gasteiger partial charge in [-0.15, -0.1) is 10.2 Å². The van der Waals surface area contributed by atoms with Crippen LogP contribution < -0.4 is 10.9 Å². The Labute approximate surface area is 149 Å². The van der Waals surface area contributed by atoms with Crippen molar-refractivity contribution in [3.05, 3.63) is 58.7 Å². The number of fused-ring (bicyclic) bond motifs is 1. The second kappa shape index (κ2) is 7.45. The van der Waals surface area contributed by atoms with Crippen LogP contribution in [0.2, 0.25) is 0 Å². The first-order valence-corrected chi connectivity index (χ1v) is 8.69. The smallest absolute Gasteiger partial charge is 0.270 e. The molecular weight excluding hydrogens is 394 g/mol. The number of rotatable bonds is 4. The number of hydrazine groups is 1. The van der Waals surface area contributed by atoms with Crippen LogP contribution in [0.3, 0.4) is 0 Å². The number of pyridine rings is 1. The van der Waals surface area contributed by atoms with Crippen LogP contribution in [0.4, 0.5) is 0 Å². The number of aromatic nitrogens is 3. The number of nitrogens with one attached hydrogen (secondary N) is 2. The molecule has 2 N–H and O–H groups in total. The Morgan fingerprint density at radius 1 is 1.08 bits per heavy atom. The molecule has 0 atom stereocenters. The van der Waals surface area contributed by atoms with E-state index in [1.54, 1.807) is 28.7 Å². The summed E-state index contributed by atoms with van der Waals surface area (Å²) in [6.45, 7) is 0. The number of carbonyl (C=O) groups is 2. The van der Waals surface area contributed by atoms with Crippen LogP contribution in [0.5, 0.6) is 0 Å². The summed E-state index contributed by atoms with van der Waals surface area (Å²) >= 11 is 4.52. The fourth-order valence-corrected chi connectivity index (χ4v) is 3.11. The van der Waals surface area contributed by atoms with E-state index in [1.807, 2.05) is 24.4 Å². The molecule has 0 unspecified atom stereocenters. The van der Waals surface area contributed by atoms with Crippen molar-refractivity contribution in [2.45, 2.75) is 5.16 Å². The van der Waals surface area contributed by atoms with Crippen LogP contribution in [-0.4, -0.2) is 32.2 Å². The molecule has 0 spiro atoms. The number of nitrogens with zero attached hydrogens (tertiary/aromatic N) is 3. The minimum absolute atomic E-state index is 0.103. The maximum Gasteiger partial charge on any atom is 0.270 e. The van der Waals surface area contributed by atoms with E-state index in [0.29, 0.717) is 20.8 Å². The van der Waals surface area contributed by atoms with Gasteiger partial charge < -0.3 is 0 Å². The molecule has 1 aromatic carbocycles. The minimum atomic E-state index is -0.395.